The maximum absolute atomic E-state index is 11.3. The van der Waals surface area contributed by atoms with E-state index in [9.17, 15) is 4.79 Å². The predicted molar refractivity (Wildman–Crippen MR) is 58.3 cm³/mol. The number of nitrogens with one attached hydrogen (secondary N) is 1. The van der Waals surface area contributed by atoms with Gasteiger partial charge >= 0.3 is 0 Å². The van der Waals surface area contributed by atoms with Crippen LogP contribution >= 0.6 is 0 Å². The van der Waals surface area contributed by atoms with Crippen molar-refractivity contribution in [1.82, 2.24) is 19.8 Å². The quantitative estimate of drug-likeness (QED) is 0.749. The molecule has 0 aliphatic carbocycles. The van der Waals surface area contributed by atoms with Crippen LogP contribution in [0.1, 0.15) is 12.1 Å². The molecule has 0 aromatic carbocycles. The van der Waals surface area contributed by atoms with Crippen LogP contribution in [-0.4, -0.2) is 41.5 Å². The van der Waals surface area contributed by atoms with Crippen LogP contribution in [0.3, 0.4) is 0 Å². The Kier molecular flexibility index (Phi) is 4.30. The van der Waals surface area contributed by atoms with Crippen LogP contribution in [0.4, 0.5) is 0 Å². The summed E-state index contributed by atoms with van der Waals surface area (Å²) in [7, 11) is 5.42. The van der Waals surface area contributed by atoms with E-state index in [1.807, 2.05) is 17.8 Å². The molecular formula is C10H18N4O. The first kappa shape index (κ1) is 11.7. The normalized spacial score (nSPS) is 10.3. The average molecular weight is 210 g/mol. The second-order valence-corrected chi connectivity index (χ2v) is 3.67. The number of aromatic nitrogens is 2. The summed E-state index contributed by atoms with van der Waals surface area (Å²) < 4.78 is 1.94. The molecule has 5 heteroatoms. The molecule has 15 heavy (non-hydrogen) atoms. The molecule has 1 heterocycles. The largest absolute Gasteiger partial charge is 0.349 e. The molecular weight excluding hydrogens is 192 g/mol. The summed E-state index contributed by atoms with van der Waals surface area (Å²) in [4.78, 5) is 17.1. The van der Waals surface area contributed by atoms with E-state index in [4.69, 9.17) is 0 Å². The maximum atomic E-state index is 11.3. The Bertz CT molecular complexity index is 319. The molecule has 1 N–H and O–H groups in total. The molecule has 0 atom stereocenters. The van der Waals surface area contributed by atoms with Crippen LogP contribution in [0.15, 0.2) is 12.5 Å². The Morgan fingerprint density at radius 2 is 2.33 bits per heavy atom. The molecule has 84 valence electrons. The van der Waals surface area contributed by atoms with Gasteiger partial charge in [-0.2, -0.15) is 0 Å². The summed E-state index contributed by atoms with van der Waals surface area (Å²) in [5.74, 6) is 0.138. The number of rotatable bonds is 5. The summed E-state index contributed by atoms with van der Waals surface area (Å²) in [5, 5.41) is 3.03. The second kappa shape index (κ2) is 5.50. The first-order valence-corrected chi connectivity index (χ1v) is 4.99. The van der Waals surface area contributed by atoms with Crippen LogP contribution in [0.25, 0.3) is 0 Å². The van der Waals surface area contributed by atoms with Gasteiger partial charge in [-0.15, -0.1) is 0 Å². The monoisotopic (exact) mass is 210 g/mol. The third kappa shape index (κ3) is 3.71. The van der Waals surface area contributed by atoms with Crippen molar-refractivity contribution < 1.29 is 4.79 Å². The summed E-state index contributed by atoms with van der Waals surface area (Å²) >= 11 is 0. The lowest BCUT2D eigenvalue weighted by Gasteiger charge is -2.09. The van der Waals surface area contributed by atoms with Gasteiger partial charge in [-0.1, -0.05) is 0 Å². The first-order chi connectivity index (χ1) is 7.13. The molecule has 0 radical (unpaired) electrons. The van der Waals surface area contributed by atoms with E-state index in [0.29, 0.717) is 13.0 Å². The number of carbonyl (C=O) groups is 1. The highest BCUT2D eigenvalue weighted by Gasteiger charge is 2.04. The van der Waals surface area contributed by atoms with Crippen molar-refractivity contribution in [3.8, 4) is 0 Å². The van der Waals surface area contributed by atoms with E-state index < -0.39 is 0 Å². The van der Waals surface area contributed by atoms with Crippen molar-refractivity contribution in [2.45, 2.75) is 19.5 Å². The molecule has 0 saturated carbocycles. The molecule has 5 nitrogen and oxygen atoms in total. The SMILES string of the molecule is CNCc1cn(CCC(=O)N(C)C)cn1. The standard InChI is InChI=1S/C10H18N4O/c1-11-6-9-7-14(8-12-9)5-4-10(15)13(2)3/h7-8,11H,4-6H2,1-3H3. The minimum Gasteiger partial charge on any atom is -0.349 e. The van der Waals surface area contributed by atoms with Crippen LogP contribution in [0.2, 0.25) is 0 Å². The molecule has 0 bridgehead atoms. The van der Waals surface area contributed by atoms with Gasteiger partial charge in [-0.3, -0.25) is 4.79 Å². The van der Waals surface area contributed by atoms with Crippen molar-refractivity contribution in [3.63, 3.8) is 0 Å². The summed E-state index contributed by atoms with van der Waals surface area (Å²) in [5.41, 5.74) is 0.995. The van der Waals surface area contributed by atoms with E-state index >= 15 is 0 Å². The molecule has 0 aliphatic heterocycles. The Balaban J connectivity index is 2.40. The van der Waals surface area contributed by atoms with Crippen LogP contribution < -0.4 is 5.32 Å². The highest BCUT2D eigenvalue weighted by molar-refractivity contribution is 5.75. The Hall–Kier alpha value is -1.36. The summed E-state index contributed by atoms with van der Waals surface area (Å²) in [6.07, 6.45) is 4.23. The lowest BCUT2D eigenvalue weighted by Crippen LogP contribution is -2.22. The predicted octanol–water partition coefficient (Wildman–Crippen LogP) is 0.0808. The number of hydrogen-bond acceptors (Lipinski definition) is 3. The van der Waals surface area contributed by atoms with E-state index in [2.05, 4.69) is 10.3 Å². The van der Waals surface area contributed by atoms with E-state index in [-0.39, 0.29) is 5.91 Å². The van der Waals surface area contributed by atoms with Crippen molar-refractivity contribution in [3.05, 3.63) is 18.2 Å². The Morgan fingerprint density at radius 1 is 1.60 bits per heavy atom. The van der Waals surface area contributed by atoms with Gasteiger partial charge in [0.05, 0.1) is 12.0 Å². The Morgan fingerprint density at radius 3 is 2.93 bits per heavy atom. The lowest BCUT2D eigenvalue weighted by atomic mass is 10.4. The van der Waals surface area contributed by atoms with Crippen LogP contribution in [-0.2, 0) is 17.9 Å². The molecule has 0 saturated heterocycles. The van der Waals surface area contributed by atoms with Gasteiger partial charge in [0.15, 0.2) is 0 Å². The highest BCUT2D eigenvalue weighted by Crippen LogP contribution is 1.98. The fourth-order valence-corrected chi connectivity index (χ4v) is 1.25. The van der Waals surface area contributed by atoms with Gasteiger partial charge in [0, 0.05) is 39.8 Å². The Labute approximate surface area is 90.1 Å². The number of hydrogen-bond donors (Lipinski definition) is 1. The van der Waals surface area contributed by atoms with Crippen molar-refractivity contribution in [2.24, 2.45) is 0 Å². The zero-order valence-electron chi connectivity index (χ0n) is 9.53. The van der Waals surface area contributed by atoms with Crippen molar-refractivity contribution >= 4 is 5.91 Å². The fourth-order valence-electron chi connectivity index (χ4n) is 1.25. The molecule has 1 aromatic rings. The van der Waals surface area contributed by atoms with Gasteiger partial charge in [0.2, 0.25) is 5.91 Å². The number of imidazole rings is 1. The number of aryl methyl sites for hydroxylation is 1. The van der Waals surface area contributed by atoms with Gasteiger partial charge in [0.1, 0.15) is 0 Å². The molecule has 1 amide bonds. The lowest BCUT2D eigenvalue weighted by molar-refractivity contribution is -0.128. The topological polar surface area (TPSA) is 50.2 Å². The van der Waals surface area contributed by atoms with Gasteiger partial charge in [-0.05, 0) is 7.05 Å². The highest BCUT2D eigenvalue weighted by atomic mass is 16.2. The smallest absolute Gasteiger partial charge is 0.223 e. The minimum atomic E-state index is 0.138. The zero-order chi connectivity index (χ0) is 11.3. The molecule has 0 aliphatic rings. The van der Waals surface area contributed by atoms with Crippen molar-refractivity contribution in [1.29, 1.82) is 0 Å². The molecule has 0 fully saturated rings. The molecule has 0 unspecified atom stereocenters. The van der Waals surface area contributed by atoms with Gasteiger partial charge in [-0.25, -0.2) is 4.98 Å². The second-order valence-electron chi connectivity index (χ2n) is 3.67. The number of carbonyl (C=O) groups excluding carboxylic acids is 1. The van der Waals surface area contributed by atoms with Gasteiger partial charge in [0.25, 0.3) is 0 Å². The third-order valence-corrected chi connectivity index (χ3v) is 2.13. The fraction of sp³-hybridized carbons (Fsp3) is 0.600. The molecule has 1 aromatic heterocycles. The summed E-state index contributed by atoms with van der Waals surface area (Å²) in [6.45, 7) is 1.45. The van der Waals surface area contributed by atoms with Crippen LogP contribution in [0.5, 0.6) is 0 Å². The average Bonchev–Trinajstić information content (AvgIpc) is 2.62. The van der Waals surface area contributed by atoms with E-state index in [1.165, 1.54) is 0 Å². The number of amides is 1. The summed E-state index contributed by atoms with van der Waals surface area (Å²) in [6, 6.07) is 0. The van der Waals surface area contributed by atoms with Gasteiger partial charge < -0.3 is 14.8 Å². The minimum absolute atomic E-state index is 0.138. The van der Waals surface area contributed by atoms with E-state index in [0.717, 1.165) is 12.2 Å². The molecule has 1 rings (SSSR count). The first-order valence-electron chi connectivity index (χ1n) is 4.99. The number of nitrogens with zero attached hydrogens (tertiary/aromatic N) is 3. The third-order valence-electron chi connectivity index (χ3n) is 2.13. The molecule has 0 spiro atoms. The van der Waals surface area contributed by atoms with E-state index in [1.54, 1.807) is 25.3 Å². The maximum Gasteiger partial charge on any atom is 0.223 e. The van der Waals surface area contributed by atoms with Crippen molar-refractivity contribution in [2.75, 3.05) is 21.1 Å². The zero-order valence-corrected chi connectivity index (χ0v) is 9.53. The van der Waals surface area contributed by atoms with Crippen LogP contribution in [0, 0.1) is 0 Å².